The lowest BCUT2D eigenvalue weighted by Gasteiger charge is -2.26. The van der Waals surface area contributed by atoms with E-state index in [2.05, 4.69) is 32.5 Å². The Morgan fingerprint density at radius 3 is 2.61 bits per heavy atom. The Morgan fingerprint density at radius 2 is 1.93 bits per heavy atom. The highest BCUT2D eigenvalue weighted by Gasteiger charge is 2.43. The van der Waals surface area contributed by atoms with Gasteiger partial charge in [-0.05, 0) is 25.9 Å². The van der Waals surface area contributed by atoms with Crippen LogP contribution in [0.2, 0.25) is 0 Å². The SMILES string of the molecule is Cl.Nc1nc(CCN2CCCCC2)nc2c1ncn2[C@@H]1O[C@H](CS)[C@@H](O)[C@H]1O. The maximum atomic E-state index is 10.4. The topological polar surface area (TPSA) is 123 Å². The molecular weight excluding hydrogens is 404 g/mol. The van der Waals surface area contributed by atoms with Crippen molar-refractivity contribution in [3.63, 3.8) is 0 Å². The fraction of sp³-hybridized carbons (Fsp3) is 0.706. The van der Waals surface area contributed by atoms with E-state index in [1.54, 1.807) is 4.57 Å². The molecule has 156 valence electrons. The molecule has 0 bridgehead atoms. The summed E-state index contributed by atoms with van der Waals surface area (Å²) in [5.74, 6) is 1.26. The van der Waals surface area contributed by atoms with Crippen molar-refractivity contribution in [3.8, 4) is 0 Å². The Balaban J connectivity index is 0.00000225. The Bertz CT molecular complexity index is 803. The molecule has 4 atom stereocenters. The fourth-order valence-corrected chi connectivity index (χ4v) is 4.14. The average molecular weight is 431 g/mol. The van der Waals surface area contributed by atoms with Gasteiger partial charge in [-0.25, -0.2) is 15.0 Å². The number of halogens is 1. The number of piperidine rings is 1. The van der Waals surface area contributed by atoms with Crippen molar-refractivity contribution in [1.82, 2.24) is 24.4 Å². The van der Waals surface area contributed by atoms with Crippen LogP contribution in [-0.2, 0) is 11.2 Å². The predicted molar refractivity (Wildman–Crippen MR) is 111 cm³/mol. The quantitative estimate of drug-likeness (QED) is 0.503. The maximum Gasteiger partial charge on any atom is 0.167 e. The number of nitrogens with zero attached hydrogens (tertiary/aromatic N) is 5. The van der Waals surface area contributed by atoms with Gasteiger partial charge < -0.3 is 25.6 Å². The molecule has 2 aliphatic heterocycles. The fourth-order valence-electron chi connectivity index (χ4n) is 3.83. The standard InChI is InChI=1S/C17H26N6O3S.ClH/c18-15-12-16(21-11(20-15)4-7-22-5-2-1-3-6-22)23(9-19-12)17-14(25)13(24)10(8-27)26-17;/h9-10,13-14,17,24-25,27H,1-8H2,(H2,18,20,21);1H/t10-,13-,14-,17-;/m1./s1. The normalized spacial score (nSPS) is 28.5. The molecule has 0 unspecified atom stereocenters. The number of anilines is 1. The zero-order valence-electron chi connectivity index (χ0n) is 15.5. The zero-order valence-corrected chi connectivity index (χ0v) is 17.2. The molecule has 0 spiro atoms. The van der Waals surface area contributed by atoms with Crippen molar-refractivity contribution in [2.45, 2.75) is 50.2 Å². The largest absolute Gasteiger partial charge is 0.387 e. The van der Waals surface area contributed by atoms with Gasteiger partial charge in [-0.3, -0.25) is 4.57 Å². The van der Waals surface area contributed by atoms with Crippen LogP contribution in [0.25, 0.3) is 11.2 Å². The molecule has 0 radical (unpaired) electrons. The molecule has 11 heteroatoms. The number of fused-ring (bicyclic) bond motifs is 1. The molecule has 0 aliphatic carbocycles. The van der Waals surface area contributed by atoms with Gasteiger partial charge in [0.15, 0.2) is 17.7 Å². The Kier molecular flexibility index (Phi) is 7.00. The van der Waals surface area contributed by atoms with Gasteiger partial charge in [0.05, 0.1) is 12.4 Å². The number of aliphatic hydroxyl groups is 2. The van der Waals surface area contributed by atoms with Gasteiger partial charge >= 0.3 is 0 Å². The van der Waals surface area contributed by atoms with E-state index in [0.717, 1.165) is 19.6 Å². The summed E-state index contributed by atoms with van der Waals surface area (Å²) in [6, 6.07) is 0. The van der Waals surface area contributed by atoms with Crippen LogP contribution in [0, 0.1) is 0 Å². The van der Waals surface area contributed by atoms with E-state index < -0.39 is 24.5 Å². The summed E-state index contributed by atoms with van der Waals surface area (Å²) in [6.45, 7) is 3.11. The summed E-state index contributed by atoms with van der Waals surface area (Å²) in [4.78, 5) is 15.7. The Morgan fingerprint density at radius 1 is 1.18 bits per heavy atom. The number of imidazole rings is 1. The monoisotopic (exact) mass is 430 g/mol. The van der Waals surface area contributed by atoms with Crippen LogP contribution < -0.4 is 5.73 Å². The van der Waals surface area contributed by atoms with Crippen LogP contribution in [0.15, 0.2) is 6.33 Å². The van der Waals surface area contributed by atoms with Gasteiger partial charge in [-0.2, -0.15) is 12.6 Å². The van der Waals surface area contributed by atoms with Crippen LogP contribution in [0.1, 0.15) is 31.3 Å². The van der Waals surface area contributed by atoms with Gasteiger partial charge in [-0.15, -0.1) is 12.4 Å². The van der Waals surface area contributed by atoms with E-state index in [-0.39, 0.29) is 12.4 Å². The third-order valence-electron chi connectivity index (χ3n) is 5.39. The number of thiol groups is 1. The first-order chi connectivity index (χ1) is 13.1. The molecular formula is C17H27ClN6O3S. The molecule has 0 saturated carbocycles. The minimum atomic E-state index is -1.09. The second-order valence-corrected chi connectivity index (χ2v) is 7.60. The van der Waals surface area contributed by atoms with Gasteiger partial charge in [0.25, 0.3) is 0 Å². The van der Waals surface area contributed by atoms with E-state index in [4.69, 9.17) is 10.5 Å². The molecule has 0 aromatic carbocycles. The summed E-state index contributed by atoms with van der Waals surface area (Å²) in [7, 11) is 0. The highest BCUT2D eigenvalue weighted by Crippen LogP contribution is 2.32. The Hall–Kier alpha value is -1.17. The minimum absolute atomic E-state index is 0. The second-order valence-electron chi connectivity index (χ2n) is 7.23. The molecule has 4 heterocycles. The van der Waals surface area contributed by atoms with Crippen LogP contribution in [0.5, 0.6) is 0 Å². The maximum absolute atomic E-state index is 10.4. The lowest BCUT2D eigenvalue weighted by Crippen LogP contribution is -2.32. The average Bonchev–Trinajstić information content (AvgIpc) is 3.23. The minimum Gasteiger partial charge on any atom is -0.387 e. The predicted octanol–water partition coefficient (Wildman–Crippen LogP) is 0.408. The molecule has 4 N–H and O–H groups in total. The molecule has 0 amide bonds. The van der Waals surface area contributed by atoms with Crippen LogP contribution >= 0.6 is 25.0 Å². The van der Waals surface area contributed by atoms with Crippen molar-refractivity contribution < 1.29 is 14.9 Å². The molecule has 2 aliphatic rings. The molecule has 9 nitrogen and oxygen atoms in total. The van der Waals surface area contributed by atoms with E-state index in [0.29, 0.717) is 35.0 Å². The van der Waals surface area contributed by atoms with Crippen LogP contribution in [0.4, 0.5) is 5.82 Å². The molecule has 4 rings (SSSR count). The number of hydrogen-bond donors (Lipinski definition) is 4. The number of hydrogen-bond acceptors (Lipinski definition) is 9. The third kappa shape index (κ3) is 4.07. The van der Waals surface area contributed by atoms with Crippen molar-refractivity contribution in [2.75, 3.05) is 31.1 Å². The number of likely N-dealkylation sites (tertiary alicyclic amines) is 1. The van der Waals surface area contributed by atoms with Crippen LogP contribution in [0.3, 0.4) is 0 Å². The highest BCUT2D eigenvalue weighted by molar-refractivity contribution is 7.80. The first kappa shape index (κ1) is 21.5. The van der Waals surface area contributed by atoms with Crippen molar-refractivity contribution >= 4 is 42.0 Å². The molecule has 2 aromatic rings. The third-order valence-corrected chi connectivity index (χ3v) is 5.75. The molecule has 2 aromatic heterocycles. The van der Waals surface area contributed by atoms with Gasteiger partial charge in [0.2, 0.25) is 0 Å². The summed E-state index contributed by atoms with van der Waals surface area (Å²) < 4.78 is 7.38. The van der Waals surface area contributed by atoms with Crippen molar-refractivity contribution in [2.24, 2.45) is 0 Å². The number of nitrogen functional groups attached to an aromatic ring is 1. The van der Waals surface area contributed by atoms with Crippen molar-refractivity contribution in [1.29, 1.82) is 0 Å². The van der Waals surface area contributed by atoms with E-state index in [9.17, 15) is 10.2 Å². The molecule has 2 saturated heterocycles. The first-order valence-electron chi connectivity index (χ1n) is 9.42. The summed E-state index contributed by atoms with van der Waals surface area (Å²) in [5, 5.41) is 20.5. The number of aliphatic hydroxyl groups excluding tert-OH is 2. The van der Waals surface area contributed by atoms with E-state index in [1.807, 2.05) is 0 Å². The number of nitrogens with two attached hydrogens (primary N) is 1. The number of rotatable bonds is 5. The Labute approximate surface area is 175 Å². The smallest absolute Gasteiger partial charge is 0.167 e. The van der Waals surface area contributed by atoms with Crippen molar-refractivity contribution in [3.05, 3.63) is 12.2 Å². The van der Waals surface area contributed by atoms with E-state index in [1.165, 1.54) is 25.6 Å². The van der Waals surface area contributed by atoms with Gasteiger partial charge in [0, 0.05) is 18.7 Å². The lowest BCUT2D eigenvalue weighted by atomic mass is 10.1. The zero-order chi connectivity index (χ0) is 19.0. The van der Waals surface area contributed by atoms with E-state index >= 15 is 0 Å². The molecule has 28 heavy (non-hydrogen) atoms. The first-order valence-corrected chi connectivity index (χ1v) is 10.1. The number of aromatic nitrogens is 4. The van der Waals surface area contributed by atoms with Gasteiger partial charge in [-0.1, -0.05) is 6.42 Å². The summed E-state index contributed by atoms with van der Waals surface area (Å²) >= 11 is 4.17. The van der Waals surface area contributed by atoms with Gasteiger partial charge in [0.1, 0.15) is 23.5 Å². The number of ether oxygens (including phenoxy) is 1. The lowest BCUT2D eigenvalue weighted by molar-refractivity contribution is -0.0288. The highest BCUT2D eigenvalue weighted by atomic mass is 35.5. The summed E-state index contributed by atoms with van der Waals surface area (Å²) in [6.07, 6.45) is 2.55. The van der Waals surface area contributed by atoms with Crippen LogP contribution in [-0.4, -0.2) is 78.3 Å². The molecule has 2 fully saturated rings. The second kappa shape index (κ2) is 9.10. The summed E-state index contributed by atoms with van der Waals surface area (Å²) in [5.41, 5.74) is 7.06.